The largest absolute Gasteiger partial charge is 0.154 e. The van der Waals surface area contributed by atoms with Gasteiger partial charge in [0, 0.05) is 30.7 Å². The van der Waals surface area contributed by atoms with E-state index in [0.717, 1.165) is 12.2 Å². The molecule has 0 aromatic carbocycles. The number of hydrogen-bond donors (Lipinski definition) is 1. The minimum Gasteiger partial charge on any atom is -0.154 e. The molecule has 0 fully saturated rings. The normalized spacial score (nSPS) is 9.43. The van der Waals surface area contributed by atoms with Crippen LogP contribution in [0.3, 0.4) is 0 Å². The van der Waals surface area contributed by atoms with Crippen molar-refractivity contribution < 1.29 is 8.67 Å². The maximum Gasteiger partial charge on any atom is 0.0326 e. The summed E-state index contributed by atoms with van der Waals surface area (Å²) in [5, 5.41) is 0. The van der Waals surface area contributed by atoms with Gasteiger partial charge in [0.2, 0.25) is 0 Å². The molecule has 44 valence electrons. The molecule has 0 aromatic heterocycles. The molecule has 0 aliphatic heterocycles. The Morgan fingerprint density at radius 3 is 2.86 bits per heavy atom. The third kappa shape index (κ3) is 6.62. The molecule has 0 aliphatic carbocycles. The minimum absolute atomic E-state index is 0.945. The summed E-state index contributed by atoms with van der Waals surface area (Å²) < 4.78 is 8.36. The van der Waals surface area contributed by atoms with Gasteiger partial charge < -0.3 is 0 Å². The smallest absolute Gasteiger partial charge is 0.0326 e. The highest BCUT2D eigenvalue weighted by Crippen LogP contribution is 2.04. The van der Waals surface area contributed by atoms with E-state index in [-0.39, 0.29) is 0 Å². The molecular formula is C3H8O2S2. The average Bonchev–Trinajstić information content (AvgIpc) is 1.69. The highest BCUT2D eigenvalue weighted by molar-refractivity contribution is 7.94. The lowest BCUT2D eigenvalue weighted by Crippen LogP contribution is -1.74. The van der Waals surface area contributed by atoms with Crippen molar-refractivity contribution in [3.63, 3.8) is 0 Å². The van der Waals surface area contributed by atoms with Gasteiger partial charge in [0.25, 0.3) is 0 Å². The molecule has 4 heteroatoms. The van der Waals surface area contributed by atoms with Gasteiger partial charge in [-0.1, -0.05) is 6.92 Å². The van der Waals surface area contributed by atoms with Gasteiger partial charge in [-0.2, -0.15) is 8.67 Å². The standard InChI is InChI=1S/C3H8O2S2/c1-2-3-7-5-4-6/h6H,2-3H2,1H3. The van der Waals surface area contributed by atoms with E-state index in [2.05, 4.69) is 28.5 Å². The molecule has 0 saturated carbocycles. The quantitative estimate of drug-likeness (QED) is 0.211. The molecule has 2 nitrogen and oxygen atoms in total. The maximum absolute atomic E-state index is 4.35. The second kappa shape index (κ2) is 6.62. The summed E-state index contributed by atoms with van der Waals surface area (Å²) in [5.41, 5.74) is 0. The van der Waals surface area contributed by atoms with E-state index < -0.39 is 0 Å². The van der Waals surface area contributed by atoms with Crippen LogP contribution in [0, 0.1) is 0 Å². The summed E-state index contributed by atoms with van der Waals surface area (Å²) >= 11 is 4.61. The Kier molecular flexibility index (Phi) is 7.21. The molecule has 0 amide bonds. The van der Waals surface area contributed by atoms with Crippen LogP contribution >= 0.6 is 25.0 Å². The topological polar surface area (TPSA) is 18.5 Å². The molecule has 0 bridgehead atoms. The Bertz CT molecular complexity index is 30.1. The molecule has 0 spiro atoms. The van der Waals surface area contributed by atoms with Crippen LogP contribution in [-0.2, 0) is 8.67 Å². The van der Waals surface area contributed by atoms with Crippen molar-refractivity contribution >= 4 is 25.0 Å². The van der Waals surface area contributed by atoms with Crippen molar-refractivity contribution in [2.75, 3.05) is 5.75 Å². The number of rotatable bonds is 4. The van der Waals surface area contributed by atoms with E-state index in [4.69, 9.17) is 0 Å². The van der Waals surface area contributed by atoms with Crippen molar-refractivity contribution in [2.45, 2.75) is 13.3 Å². The minimum atomic E-state index is 0.945. The van der Waals surface area contributed by atoms with Gasteiger partial charge in [0.15, 0.2) is 0 Å². The Hall–Kier alpha value is 0.620. The first-order valence-corrected chi connectivity index (χ1v) is 3.29. The van der Waals surface area contributed by atoms with E-state index in [0.29, 0.717) is 0 Å². The molecule has 0 radical (unpaired) electrons. The van der Waals surface area contributed by atoms with Crippen molar-refractivity contribution in [3.8, 4) is 0 Å². The number of thiol groups is 1. The maximum atomic E-state index is 4.35. The van der Waals surface area contributed by atoms with Gasteiger partial charge in [-0.05, 0) is 6.42 Å². The van der Waals surface area contributed by atoms with Crippen LogP contribution in [0.2, 0.25) is 0 Å². The summed E-state index contributed by atoms with van der Waals surface area (Å²) in [5.74, 6) is 0.945. The van der Waals surface area contributed by atoms with Gasteiger partial charge in [-0.3, -0.25) is 0 Å². The van der Waals surface area contributed by atoms with Gasteiger partial charge >= 0.3 is 0 Å². The molecule has 0 rings (SSSR count). The summed E-state index contributed by atoms with van der Waals surface area (Å²) in [6, 6.07) is 0. The Balaban J connectivity index is 2.45. The fraction of sp³-hybridized carbons (Fsp3) is 1.00. The van der Waals surface area contributed by atoms with Crippen molar-refractivity contribution in [1.29, 1.82) is 0 Å². The van der Waals surface area contributed by atoms with Crippen molar-refractivity contribution in [2.24, 2.45) is 0 Å². The SMILES string of the molecule is CCCSOOS. The van der Waals surface area contributed by atoms with E-state index in [1.807, 2.05) is 0 Å². The molecule has 0 saturated heterocycles. The van der Waals surface area contributed by atoms with Gasteiger partial charge in [-0.25, -0.2) is 0 Å². The van der Waals surface area contributed by atoms with Gasteiger partial charge in [0.1, 0.15) is 0 Å². The predicted molar refractivity (Wildman–Crippen MR) is 33.9 cm³/mol. The van der Waals surface area contributed by atoms with E-state index in [1.165, 1.54) is 12.0 Å². The van der Waals surface area contributed by atoms with Gasteiger partial charge in [0.05, 0.1) is 0 Å². The van der Waals surface area contributed by atoms with Crippen LogP contribution in [-0.4, -0.2) is 5.75 Å². The summed E-state index contributed by atoms with van der Waals surface area (Å²) in [6.07, 6.45) is 1.09. The van der Waals surface area contributed by atoms with Crippen LogP contribution < -0.4 is 0 Å². The van der Waals surface area contributed by atoms with Crippen LogP contribution in [0.25, 0.3) is 0 Å². The molecule has 0 aromatic rings. The molecule has 0 heterocycles. The Morgan fingerprint density at radius 2 is 2.43 bits per heavy atom. The lowest BCUT2D eigenvalue weighted by atomic mass is 10.6. The zero-order valence-corrected chi connectivity index (χ0v) is 5.80. The molecule has 0 atom stereocenters. The molecule has 0 aliphatic rings. The predicted octanol–water partition coefficient (Wildman–Crippen LogP) is 1.84. The molecular weight excluding hydrogens is 132 g/mol. The fourth-order valence-corrected chi connectivity index (χ4v) is 0.546. The van der Waals surface area contributed by atoms with Crippen LogP contribution in [0.15, 0.2) is 0 Å². The summed E-state index contributed by atoms with van der Waals surface area (Å²) in [7, 11) is 0. The lowest BCUT2D eigenvalue weighted by Gasteiger charge is -1.90. The fourth-order valence-electron chi connectivity index (χ4n) is 0.139. The molecule has 7 heavy (non-hydrogen) atoms. The van der Waals surface area contributed by atoms with Crippen LogP contribution in [0.5, 0.6) is 0 Å². The van der Waals surface area contributed by atoms with Gasteiger partial charge in [-0.15, -0.1) is 0 Å². The Labute approximate surface area is 53.3 Å². The first kappa shape index (κ1) is 7.62. The first-order chi connectivity index (χ1) is 3.41. The molecule has 0 unspecified atom stereocenters. The van der Waals surface area contributed by atoms with Crippen molar-refractivity contribution in [1.82, 2.24) is 0 Å². The zero-order valence-electron chi connectivity index (χ0n) is 4.09. The highest BCUT2D eigenvalue weighted by Gasteiger charge is 1.81. The highest BCUT2D eigenvalue weighted by atomic mass is 32.2. The van der Waals surface area contributed by atoms with E-state index in [9.17, 15) is 0 Å². The third-order valence-electron chi connectivity index (χ3n) is 0.366. The van der Waals surface area contributed by atoms with Crippen LogP contribution in [0.4, 0.5) is 0 Å². The summed E-state index contributed by atoms with van der Waals surface area (Å²) in [4.78, 5) is 0. The zero-order chi connectivity index (χ0) is 5.54. The van der Waals surface area contributed by atoms with E-state index >= 15 is 0 Å². The van der Waals surface area contributed by atoms with E-state index in [1.54, 1.807) is 0 Å². The lowest BCUT2D eigenvalue weighted by molar-refractivity contribution is -0.0495. The second-order valence-electron chi connectivity index (χ2n) is 0.965. The van der Waals surface area contributed by atoms with Crippen LogP contribution in [0.1, 0.15) is 13.3 Å². The van der Waals surface area contributed by atoms with Crippen molar-refractivity contribution in [3.05, 3.63) is 0 Å². The first-order valence-electron chi connectivity index (χ1n) is 2.01. The molecule has 0 N–H and O–H groups in total. The average molecular weight is 140 g/mol. The monoisotopic (exact) mass is 140 g/mol. The second-order valence-corrected chi connectivity index (χ2v) is 1.89. The third-order valence-corrected chi connectivity index (χ3v) is 1.28. The number of hydrogen-bond acceptors (Lipinski definition) is 4. The Morgan fingerprint density at radius 1 is 1.71 bits per heavy atom. The summed E-state index contributed by atoms with van der Waals surface area (Å²) in [6.45, 7) is 2.06.